The van der Waals surface area contributed by atoms with E-state index in [0.717, 1.165) is 5.69 Å². The van der Waals surface area contributed by atoms with Crippen molar-refractivity contribution in [3.05, 3.63) is 71.3 Å². The molecule has 1 fully saturated rings. The fraction of sp³-hybridized carbons (Fsp3) is 0.238. The number of para-hydroxylation sites is 1. The fourth-order valence-electron chi connectivity index (χ4n) is 3.40. The van der Waals surface area contributed by atoms with Gasteiger partial charge in [0.05, 0.1) is 29.6 Å². The highest BCUT2D eigenvalue weighted by molar-refractivity contribution is 6.06. The molecule has 1 aromatic carbocycles. The summed E-state index contributed by atoms with van der Waals surface area (Å²) in [7, 11) is 1.24. The van der Waals surface area contributed by atoms with Gasteiger partial charge in [-0.3, -0.25) is 14.6 Å². The van der Waals surface area contributed by atoms with E-state index in [1.165, 1.54) is 40.4 Å². The van der Waals surface area contributed by atoms with E-state index in [2.05, 4.69) is 15.2 Å². The van der Waals surface area contributed by atoms with Gasteiger partial charge in [-0.2, -0.15) is 9.90 Å². The van der Waals surface area contributed by atoms with Crippen LogP contribution in [-0.4, -0.2) is 68.0 Å². The second kappa shape index (κ2) is 8.34. The van der Waals surface area contributed by atoms with Crippen LogP contribution in [0.5, 0.6) is 0 Å². The van der Waals surface area contributed by atoms with Gasteiger partial charge in [0, 0.05) is 25.5 Å². The fourth-order valence-corrected chi connectivity index (χ4v) is 3.40. The molecule has 0 atom stereocenters. The summed E-state index contributed by atoms with van der Waals surface area (Å²) >= 11 is 0. The Labute approximate surface area is 178 Å². The van der Waals surface area contributed by atoms with Gasteiger partial charge in [0.15, 0.2) is 5.69 Å². The number of carbonyl (C=O) groups is 3. The normalized spacial score (nSPS) is 13.4. The molecule has 0 N–H and O–H groups in total. The predicted octanol–water partition coefficient (Wildman–Crippen LogP) is 1.66. The molecule has 4 rings (SSSR count). The van der Waals surface area contributed by atoms with Gasteiger partial charge in [0.2, 0.25) is 0 Å². The Balaban J connectivity index is 1.63. The van der Waals surface area contributed by atoms with Crippen molar-refractivity contribution >= 4 is 17.8 Å². The van der Waals surface area contributed by atoms with Gasteiger partial charge in [-0.05, 0) is 31.5 Å². The quantitative estimate of drug-likeness (QED) is 0.590. The molecule has 10 heteroatoms. The number of rotatable bonds is 4. The van der Waals surface area contributed by atoms with Crippen LogP contribution in [0.4, 0.5) is 0 Å². The zero-order chi connectivity index (χ0) is 22.0. The highest BCUT2D eigenvalue weighted by atomic mass is 16.5. The van der Waals surface area contributed by atoms with Gasteiger partial charge in [-0.1, -0.05) is 18.2 Å². The van der Waals surface area contributed by atoms with Crippen molar-refractivity contribution in [2.45, 2.75) is 13.3 Å². The number of benzene rings is 1. The Morgan fingerprint density at radius 2 is 1.65 bits per heavy atom. The van der Waals surface area contributed by atoms with Crippen molar-refractivity contribution in [3.8, 4) is 5.69 Å². The van der Waals surface area contributed by atoms with Gasteiger partial charge < -0.3 is 4.74 Å². The summed E-state index contributed by atoms with van der Waals surface area (Å²) in [5.41, 5.74) is 1.48. The molecular formula is C21H20N6O4. The molecule has 3 heterocycles. The van der Waals surface area contributed by atoms with E-state index in [9.17, 15) is 14.4 Å². The van der Waals surface area contributed by atoms with Crippen molar-refractivity contribution in [2.75, 3.05) is 20.2 Å². The van der Waals surface area contributed by atoms with Crippen molar-refractivity contribution in [1.82, 2.24) is 30.0 Å². The van der Waals surface area contributed by atoms with Crippen LogP contribution < -0.4 is 0 Å². The van der Waals surface area contributed by atoms with E-state index < -0.39 is 17.8 Å². The van der Waals surface area contributed by atoms with Gasteiger partial charge in [-0.25, -0.2) is 14.8 Å². The summed E-state index contributed by atoms with van der Waals surface area (Å²) in [5, 5.41) is 11.3. The smallest absolute Gasteiger partial charge is 0.338 e. The molecule has 1 saturated heterocycles. The number of hydrogen-bond acceptors (Lipinski definition) is 7. The van der Waals surface area contributed by atoms with E-state index in [4.69, 9.17) is 4.74 Å². The zero-order valence-corrected chi connectivity index (χ0v) is 17.1. The third-order valence-electron chi connectivity index (χ3n) is 4.93. The number of aryl methyl sites for hydroxylation is 1. The van der Waals surface area contributed by atoms with Gasteiger partial charge in [0.25, 0.3) is 11.8 Å². The molecule has 0 radical (unpaired) electrons. The molecule has 158 valence electrons. The number of methoxy groups -OCH3 is 1. The summed E-state index contributed by atoms with van der Waals surface area (Å²) in [6.45, 7) is 2.36. The molecule has 31 heavy (non-hydrogen) atoms. The molecule has 0 spiro atoms. The van der Waals surface area contributed by atoms with Gasteiger partial charge in [-0.15, -0.1) is 5.10 Å². The number of hydrogen-bond donors (Lipinski definition) is 0. The first kappa shape index (κ1) is 20.2. The SMILES string of the molecule is COC(=O)c1ccncc1C(=O)N1CCCN1C(=O)c1nn(-c2ccccc2)nc1C. The summed E-state index contributed by atoms with van der Waals surface area (Å²) < 4.78 is 4.75. The lowest BCUT2D eigenvalue weighted by Crippen LogP contribution is -2.45. The molecule has 2 amide bonds. The van der Waals surface area contributed by atoms with Crippen LogP contribution in [0.2, 0.25) is 0 Å². The minimum absolute atomic E-state index is 0.0683. The van der Waals surface area contributed by atoms with Crippen LogP contribution in [0, 0.1) is 6.92 Å². The molecule has 10 nitrogen and oxygen atoms in total. The van der Waals surface area contributed by atoms with Crippen LogP contribution >= 0.6 is 0 Å². The van der Waals surface area contributed by atoms with E-state index >= 15 is 0 Å². The largest absolute Gasteiger partial charge is 0.465 e. The first-order valence-corrected chi connectivity index (χ1v) is 9.66. The number of nitrogens with zero attached hydrogens (tertiary/aromatic N) is 6. The van der Waals surface area contributed by atoms with E-state index in [1.807, 2.05) is 30.3 Å². The van der Waals surface area contributed by atoms with Crippen LogP contribution in [-0.2, 0) is 4.74 Å². The lowest BCUT2D eigenvalue weighted by atomic mass is 10.1. The predicted molar refractivity (Wildman–Crippen MR) is 108 cm³/mol. The van der Waals surface area contributed by atoms with Crippen molar-refractivity contribution in [1.29, 1.82) is 0 Å². The van der Waals surface area contributed by atoms with Gasteiger partial charge in [0.1, 0.15) is 0 Å². The van der Waals surface area contributed by atoms with Crippen LogP contribution in [0.25, 0.3) is 5.69 Å². The molecule has 3 aromatic rings. The first-order chi connectivity index (χ1) is 15.0. The summed E-state index contributed by atoms with van der Waals surface area (Å²) in [4.78, 5) is 43.8. The Bertz CT molecular complexity index is 1140. The lowest BCUT2D eigenvalue weighted by Gasteiger charge is -2.27. The molecule has 2 aromatic heterocycles. The van der Waals surface area contributed by atoms with Crippen molar-refractivity contribution in [3.63, 3.8) is 0 Å². The van der Waals surface area contributed by atoms with Crippen molar-refractivity contribution < 1.29 is 19.1 Å². The minimum Gasteiger partial charge on any atom is -0.465 e. The molecule has 0 bridgehead atoms. The highest BCUT2D eigenvalue weighted by Crippen LogP contribution is 2.21. The van der Waals surface area contributed by atoms with Crippen LogP contribution in [0.1, 0.15) is 43.3 Å². The van der Waals surface area contributed by atoms with Gasteiger partial charge >= 0.3 is 5.97 Å². The van der Waals surface area contributed by atoms with Crippen LogP contribution in [0.3, 0.4) is 0 Å². The zero-order valence-electron chi connectivity index (χ0n) is 17.1. The Kier molecular flexibility index (Phi) is 5.44. The molecular weight excluding hydrogens is 400 g/mol. The monoisotopic (exact) mass is 420 g/mol. The third kappa shape index (κ3) is 3.75. The second-order valence-electron chi connectivity index (χ2n) is 6.88. The third-order valence-corrected chi connectivity index (χ3v) is 4.93. The number of ether oxygens (including phenoxy) is 1. The molecule has 0 saturated carbocycles. The average molecular weight is 420 g/mol. The molecule has 0 aliphatic carbocycles. The Morgan fingerprint density at radius 1 is 0.935 bits per heavy atom. The van der Waals surface area contributed by atoms with Crippen molar-refractivity contribution in [2.24, 2.45) is 0 Å². The summed E-state index contributed by atoms with van der Waals surface area (Å²) in [6.07, 6.45) is 3.30. The van der Waals surface area contributed by atoms with E-state index in [1.54, 1.807) is 6.92 Å². The Hall–Kier alpha value is -4.08. The standard InChI is InChI=1S/C21H20N6O4/c1-14-18(24-27(23-14)15-7-4-3-5-8-15)20(29)26-12-6-11-25(26)19(28)17-13-22-10-9-16(17)21(30)31-2/h3-5,7-10,13H,6,11-12H2,1-2H3. The highest BCUT2D eigenvalue weighted by Gasteiger charge is 2.35. The number of amides is 2. The number of esters is 1. The number of hydrazine groups is 1. The number of aromatic nitrogens is 4. The number of carbonyl (C=O) groups excluding carboxylic acids is 3. The lowest BCUT2D eigenvalue weighted by molar-refractivity contribution is 0.0179. The maximum absolute atomic E-state index is 13.2. The van der Waals surface area contributed by atoms with Crippen LogP contribution in [0.15, 0.2) is 48.8 Å². The van der Waals surface area contributed by atoms with E-state index in [-0.39, 0.29) is 16.8 Å². The summed E-state index contributed by atoms with van der Waals surface area (Å²) in [6, 6.07) is 10.6. The molecule has 1 aliphatic rings. The average Bonchev–Trinajstić information content (AvgIpc) is 3.45. The second-order valence-corrected chi connectivity index (χ2v) is 6.88. The van der Waals surface area contributed by atoms with E-state index in [0.29, 0.717) is 25.2 Å². The molecule has 0 unspecified atom stereocenters. The summed E-state index contributed by atoms with van der Waals surface area (Å²) in [5.74, 6) is -1.59. The Morgan fingerprint density at radius 3 is 2.35 bits per heavy atom. The number of pyridine rings is 1. The maximum Gasteiger partial charge on any atom is 0.338 e. The minimum atomic E-state index is -0.649. The first-order valence-electron chi connectivity index (χ1n) is 9.66. The topological polar surface area (TPSA) is 111 Å². The molecule has 1 aliphatic heterocycles. The maximum atomic E-state index is 13.2.